The van der Waals surface area contributed by atoms with Crippen LogP contribution in [0.4, 0.5) is 5.69 Å². The van der Waals surface area contributed by atoms with Crippen molar-refractivity contribution in [1.82, 2.24) is 4.98 Å². The van der Waals surface area contributed by atoms with Crippen LogP contribution in [0.3, 0.4) is 0 Å². The molecule has 1 aliphatic rings. The van der Waals surface area contributed by atoms with Gasteiger partial charge in [0.15, 0.2) is 0 Å². The molecule has 2 atom stereocenters. The highest BCUT2D eigenvalue weighted by atomic mass is 16.5. The van der Waals surface area contributed by atoms with Gasteiger partial charge in [0.05, 0.1) is 29.8 Å². The quantitative estimate of drug-likeness (QED) is 0.814. The lowest BCUT2D eigenvalue weighted by Crippen LogP contribution is -2.45. The van der Waals surface area contributed by atoms with Crippen molar-refractivity contribution in [3.05, 3.63) is 24.0 Å². The second kappa shape index (κ2) is 4.80. The molecule has 0 saturated carbocycles. The average molecular weight is 221 g/mol. The van der Waals surface area contributed by atoms with E-state index in [1.54, 1.807) is 0 Å². The van der Waals surface area contributed by atoms with Gasteiger partial charge in [-0.15, -0.1) is 0 Å². The van der Waals surface area contributed by atoms with Crippen LogP contribution in [0.2, 0.25) is 0 Å². The first-order chi connectivity index (χ1) is 7.69. The average Bonchev–Trinajstić information content (AvgIpc) is 2.28. The minimum absolute atomic E-state index is 0.276. The monoisotopic (exact) mass is 221 g/mol. The van der Waals surface area contributed by atoms with E-state index in [4.69, 9.17) is 10.5 Å². The summed E-state index contributed by atoms with van der Waals surface area (Å²) >= 11 is 0. The molecular weight excluding hydrogens is 202 g/mol. The van der Waals surface area contributed by atoms with Crippen LogP contribution in [-0.4, -0.2) is 30.3 Å². The van der Waals surface area contributed by atoms with Gasteiger partial charge in [0, 0.05) is 19.6 Å². The largest absolute Gasteiger partial charge is 0.372 e. The lowest BCUT2D eigenvalue weighted by molar-refractivity contribution is -0.00523. The second-order valence-electron chi connectivity index (χ2n) is 4.37. The number of ether oxygens (including phenoxy) is 1. The molecule has 0 bridgehead atoms. The minimum Gasteiger partial charge on any atom is -0.372 e. The summed E-state index contributed by atoms with van der Waals surface area (Å²) in [4.78, 5) is 6.63. The van der Waals surface area contributed by atoms with Gasteiger partial charge in [-0.2, -0.15) is 0 Å². The zero-order chi connectivity index (χ0) is 11.5. The predicted molar refractivity (Wildman–Crippen MR) is 64.4 cm³/mol. The van der Waals surface area contributed by atoms with Gasteiger partial charge in [-0.05, 0) is 26.0 Å². The smallest absolute Gasteiger partial charge is 0.0726 e. The van der Waals surface area contributed by atoms with E-state index in [-0.39, 0.29) is 12.2 Å². The van der Waals surface area contributed by atoms with Crippen LogP contribution in [0.25, 0.3) is 0 Å². The Morgan fingerprint density at radius 2 is 2.06 bits per heavy atom. The number of nitrogens with two attached hydrogens (primary N) is 1. The van der Waals surface area contributed by atoms with Crippen LogP contribution in [0.15, 0.2) is 18.3 Å². The Balaban J connectivity index is 2.10. The molecule has 2 N–H and O–H groups in total. The number of rotatable bonds is 2. The molecule has 2 unspecified atom stereocenters. The molecule has 0 radical (unpaired) electrons. The van der Waals surface area contributed by atoms with E-state index in [1.807, 2.05) is 12.3 Å². The molecule has 16 heavy (non-hydrogen) atoms. The zero-order valence-electron chi connectivity index (χ0n) is 9.89. The highest BCUT2D eigenvalue weighted by molar-refractivity contribution is 5.45. The van der Waals surface area contributed by atoms with Crippen LogP contribution in [-0.2, 0) is 11.3 Å². The molecule has 4 heteroatoms. The Labute approximate surface area is 96.4 Å². The van der Waals surface area contributed by atoms with E-state index in [0.29, 0.717) is 6.54 Å². The van der Waals surface area contributed by atoms with Crippen molar-refractivity contribution in [3.63, 3.8) is 0 Å². The van der Waals surface area contributed by atoms with E-state index in [9.17, 15) is 0 Å². The lowest BCUT2D eigenvalue weighted by Gasteiger charge is -2.36. The van der Waals surface area contributed by atoms with Crippen LogP contribution >= 0.6 is 0 Å². The fourth-order valence-electron chi connectivity index (χ4n) is 2.11. The van der Waals surface area contributed by atoms with Gasteiger partial charge in [0.2, 0.25) is 0 Å². The zero-order valence-corrected chi connectivity index (χ0v) is 9.89. The summed E-state index contributed by atoms with van der Waals surface area (Å²) in [6.07, 6.45) is 2.45. The summed E-state index contributed by atoms with van der Waals surface area (Å²) in [7, 11) is 0. The Kier molecular flexibility index (Phi) is 3.41. The number of anilines is 1. The molecular formula is C12H19N3O. The molecule has 4 nitrogen and oxygen atoms in total. The van der Waals surface area contributed by atoms with Gasteiger partial charge in [0.1, 0.15) is 0 Å². The normalized spacial score (nSPS) is 25.8. The summed E-state index contributed by atoms with van der Waals surface area (Å²) in [5.41, 5.74) is 7.61. The van der Waals surface area contributed by atoms with Gasteiger partial charge in [-0.25, -0.2) is 0 Å². The first-order valence-corrected chi connectivity index (χ1v) is 5.74. The predicted octanol–water partition coefficient (Wildman–Crippen LogP) is 1.15. The Bertz CT molecular complexity index is 329. The molecule has 0 aromatic carbocycles. The number of morpholine rings is 1. The highest BCUT2D eigenvalue weighted by Crippen LogP contribution is 2.19. The molecule has 1 aromatic heterocycles. The van der Waals surface area contributed by atoms with Gasteiger partial charge in [-0.1, -0.05) is 0 Å². The third-order valence-electron chi connectivity index (χ3n) is 2.80. The van der Waals surface area contributed by atoms with Crippen molar-refractivity contribution in [3.8, 4) is 0 Å². The summed E-state index contributed by atoms with van der Waals surface area (Å²) in [6.45, 7) is 6.55. The standard InChI is InChI=1S/C12H19N3O/c1-9-7-15(8-10(2)16-9)12-4-3-11(5-13)14-6-12/h3-4,6,9-10H,5,7-8,13H2,1-2H3. The molecule has 88 valence electrons. The molecule has 0 aliphatic carbocycles. The Hall–Kier alpha value is -1.13. The maximum atomic E-state index is 5.70. The van der Waals surface area contributed by atoms with Crippen molar-refractivity contribution in [2.45, 2.75) is 32.6 Å². The van der Waals surface area contributed by atoms with Gasteiger partial charge in [0.25, 0.3) is 0 Å². The number of hydrogen-bond acceptors (Lipinski definition) is 4. The fourth-order valence-corrected chi connectivity index (χ4v) is 2.11. The molecule has 1 fully saturated rings. The number of nitrogens with zero attached hydrogens (tertiary/aromatic N) is 2. The molecule has 1 aromatic rings. The summed E-state index contributed by atoms with van der Waals surface area (Å²) in [6, 6.07) is 4.07. The van der Waals surface area contributed by atoms with Crippen LogP contribution in [0.1, 0.15) is 19.5 Å². The Morgan fingerprint density at radius 3 is 2.56 bits per heavy atom. The second-order valence-corrected chi connectivity index (χ2v) is 4.37. The van der Waals surface area contributed by atoms with Crippen molar-refractivity contribution in [2.75, 3.05) is 18.0 Å². The van der Waals surface area contributed by atoms with E-state index in [1.165, 1.54) is 0 Å². The van der Waals surface area contributed by atoms with Crippen molar-refractivity contribution in [1.29, 1.82) is 0 Å². The third-order valence-corrected chi connectivity index (χ3v) is 2.80. The van der Waals surface area contributed by atoms with E-state index in [2.05, 4.69) is 29.8 Å². The summed E-state index contributed by atoms with van der Waals surface area (Å²) in [5.74, 6) is 0. The third kappa shape index (κ3) is 2.51. The SMILES string of the molecule is CC1CN(c2ccc(CN)nc2)CC(C)O1. The topological polar surface area (TPSA) is 51.4 Å². The summed E-state index contributed by atoms with van der Waals surface area (Å²) < 4.78 is 5.70. The van der Waals surface area contributed by atoms with Gasteiger partial charge < -0.3 is 15.4 Å². The molecule has 2 heterocycles. The number of aromatic nitrogens is 1. The molecule has 2 rings (SSSR count). The van der Waals surface area contributed by atoms with Crippen molar-refractivity contribution in [2.24, 2.45) is 5.73 Å². The van der Waals surface area contributed by atoms with E-state index < -0.39 is 0 Å². The van der Waals surface area contributed by atoms with Gasteiger partial charge >= 0.3 is 0 Å². The van der Waals surface area contributed by atoms with Crippen molar-refractivity contribution < 1.29 is 4.74 Å². The van der Waals surface area contributed by atoms with Gasteiger partial charge in [-0.3, -0.25) is 4.98 Å². The first-order valence-electron chi connectivity index (χ1n) is 5.74. The van der Waals surface area contributed by atoms with E-state index in [0.717, 1.165) is 24.5 Å². The highest BCUT2D eigenvalue weighted by Gasteiger charge is 2.22. The van der Waals surface area contributed by atoms with Crippen molar-refractivity contribution >= 4 is 5.69 Å². The number of hydrogen-bond donors (Lipinski definition) is 1. The summed E-state index contributed by atoms with van der Waals surface area (Å²) in [5, 5.41) is 0. The molecule has 1 aliphatic heterocycles. The first kappa shape index (κ1) is 11.4. The molecule has 0 spiro atoms. The molecule has 1 saturated heterocycles. The van der Waals surface area contributed by atoms with Crippen LogP contribution < -0.4 is 10.6 Å². The van der Waals surface area contributed by atoms with Crippen LogP contribution in [0, 0.1) is 0 Å². The number of pyridine rings is 1. The molecule has 0 amide bonds. The maximum Gasteiger partial charge on any atom is 0.0726 e. The lowest BCUT2D eigenvalue weighted by atomic mass is 10.2. The fraction of sp³-hybridized carbons (Fsp3) is 0.583. The maximum absolute atomic E-state index is 5.70. The van der Waals surface area contributed by atoms with Crippen LogP contribution in [0.5, 0.6) is 0 Å². The van der Waals surface area contributed by atoms with E-state index >= 15 is 0 Å². The minimum atomic E-state index is 0.276. The Morgan fingerprint density at radius 1 is 1.38 bits per heavy atom.